The second kappa shape index (κ2) is 10.1. The minimum atomic E-state index is -0.404. The fraction of sp³-hybridized carbons (Fsp3) is 0.250. The van der Waals surface area contributed by atoms with E-state index in [-0.39, 0.29) is 11.6 Å². The predicted octanol–water partition coefficient (Wildman–Crippen LogP) is 3.51. The van der Waals surface area contributed by atoms with Crippen molar-refractivity contribution in [1.29, 1.82) is 0 Å². The number of ether oxygens (including phenoxy) is 1. The molecule has 1 fully saturated rings. The first-order valence-electron chi connectivity index (χ1n) is 10.4. The van der Waals surface area contributed by atoms with E-state index >= 15 is 0 Å². The summed E-state index contributed by atoms with van der Waals surface area (Å²) in [5, 5.41) is 4.02. The van der Waals surface area contributed by atoms with Gasteiger partial charge in [-0.2, -0.15) is 5.10 Å². The molecule has 3 aromatic rings. The molecular formula is C24H25FN4O3. The molecular weight excluding hydrogens is 411 g/mol. The molecule has 1 aliphatic heterocycles. The van der Waals surface area contributed by atoms with Gasteiger partial charge in [-0.3, -0.25) is 9.69 Å². The summed E-state index contributed by atoms with van der Waals surface area (Å²) in [5.74, 6) is 0.391. The maximum absolute atomic E-state index is 13.2. The molecule has 1 N–H and O–H groups in total. The molecule has 4 rings (SSSR count). The Bertz CT molecular complexity index is 1060. The molecule has 1 aliphatic rings. The van der Waals surface area contributed by atoms with Crippen molar-refractivity contribution < 1.29 is 18.3 Å². The third-order valence-electron chi connectivity index (χ3n) is 5.39. The SMILES string of the molecule is COc1ccc(/C=N\NC(=O)c2ccco2)cc1CN1CCN(c2ccc(F)cc2)CC1. The van der Waals surface area contributed by atoms with Gasteiger partial charge in [-0.1, -0.05) is 0 Å². The first-order valence-corrected chi connectivity index (χ1v) is 10.4. The minimum absolute atomic E-state index is 0.206. The molecule has 0 bridgehead atoms. The summed E-state index contributed by atoms with van der Waals surface area (Å²) in [6, 6.07) is 15.7. The van der Waals surface area contributed by atoms with Crippen LogP contribution in [-0.4, -0.2) is 50.3 Å². The molecule has 2 heterocycles. The van der Waals surface area contributed by atoms with Gasteiger partial charge in [-0.15, -0.1) is 0 Å². The summed E-state index contributed by atoms with van der Waals surface area (Å²) in [6.45, 7) is 4.25. The second-order valence-electron chi connectivity index (χ2n) is 7.49. The lowest BCUT2D eigenvalue weighted by atomic mass is 10.1. The third-order valence-corrected chi connectivity index (χ3v) is 5.39. The summed E-state index contributed by atoms with van der Waals surface area (Å²) < 4.78 is 23.8. The number of hydrogen-bond donors (Lipinski definition) is 1. The Kier molecular flexibility index (Phi) is 6.81. The van der Waals surface area contributed by atoms with Gasteiger partial charge < -0.3 is 14.1 Å². The number of hydrazone groups is 1. The number of hydrogen-bond acceptors (Lipinski definition) is 6. The lowest BCUT2D eigenvalue weighted by Crippen LogP contribution is -2.46. The molecule has 1 amide bonds. The number of furan rings is 1. The van der Waals surface area contributed by atoms with Crippen molar-refractivity contribution in [3.63, 3.8) is 0 Å². The van der Waals surface area contributed by atoms with Crippen LogP contribution in [0.25, 0.3) is 0 Å². The van der Waals surface area contributed by atoms with Crippen molar-refractivity contribution in [2.75, 3.05) is 38.2 Å². The van der Waals surface area contributed by atoms with E-state index in [9.17, 15) is 9.18 Å². The average molecular weight is 436 g/mol. The summed E-state index contributed by atoms with van der Waals surface area (Å²) in [7, 11) is 1.66. The van der Waals surface area contributed by atoms with Crippen molar-refractivity contribution in [3.8, 4) is 5.75 Å². The van der Waals surface area contributed by atoms with Crippen molar-refractivity contribution in [3.05, 3.63) is 83.6 Å². The summed E-state index contributed by atoms with van der Waals surface area (Å²) >= 11 is 0. The Morgan fingerprint density at radius 3 is 2.62 bits per heavy atom. The predicted molar refractivity (Wildman–Crippen MR) is 121 cm³/mol. The van der Waals surface area contributed by atoms with E-state index in [4.69, 9.17) is 9.15 Å². The molecule has 0 radical (unpaired) electrons. The Morgan fingerprint density at radius 2 is 1.94 bits per heavy atom. The van der Waals surface area contributed by atoms with Gasteiger partial charge in [0.05, 0.1) is 19.6 Å². The van der Waals surface area contributed by atoms with Gasteiger partial charge >= 0.3 is 5.91 Å². The molecule has 0 spiro atoms. The van der Waals surface area contributed by atoms with E-state index in [1.54, 1.807) is 25.5 Å². The van der Waals surface area contributed by atoms with E-state index in [0.717, 1.165) is 55.3 Å². The Morgan fingerprint density at radius 1 is 1.16 bits per heavy atom. The quantitative estimate of drug-likeness (QED) is 0.453. The zero-order valence-electron chi connectivity index (χ0n) is 17.8. The highest BCUT2D eigenvalue weighted by molar-refractivity contribution is 5.92. The number of piperazine rings is 1. The number of carbonyl (C=O) groups is 1. The van der Waals surface area contributed by atoms with Gasteiger partial charge in [0, 0.05) is 44.0 Å². The van der Waals surface area contributed by atoms with Crippen LogP contribution in [-0.2, 0) is 6.54 Å². The number of amides is 1. The van der Waals surface area contributed by atoms with Crippen molar-refractivity contribution in [2.45, 2.75) is 6.54 Å². The summed E-state index contributed by atoms with van der Waals surface area (Å²) in [5.41, 5.74) is 5.39. The van der Waals surface area contributed by atoms with Crippen molar-refractivity contribution >= 4 is 17.8 Å². The lowest BCUT2D eigenvalue weighted by molar-refractivity contribution is 0.0927. The summed E-state index contributed by atoms with van der Waals surface area (Å²) in [4.78, 5) is 16.5. The molecule has 32 heavy (non-hydrogen) atoms. The van der Waals surface area contributed by atoms with E-state index in [1.807, 2.05) is 30.3 Å². The van der Waals surface area contributed by atoms with Crippen LogP contribution >= 0.6 is 0 Å². The lowest BCUT2D eigenvalue weighted by Gasteiger charge is -2.36. The van der Waals surface area contributed by atoms with Crippen LogP contribution in [0.2, 0.25) is 0 Å². The first kappa shape index (κ1) is 21.6. The summed E-state index contributed by atoms with van der Waals surface area (Å²) in [6.07, 6.45) is 3.03. The number of methoxy groups -OCH3 is 1. The molecule has 8 heteroatoms. The van der Waals surface area contributed by atoms with Gasteiger partial charge in [-0.05, 0) is 60.2 Å². The maximum Gasteiger partial charge on any atom is 0.307 e. The van der Waals surface area contributed by atoms with Crippen molar-refractivity contribution in [1.82, 2.24) is 10.3 Å². The van der Waals surface area contributed by atoms with Gasteiger partial charge in [0.1, 0.15) is 11.6 Å². The highest BCUT2D eigenvalue weighted by atomic mass is 19.1. The Balaban J connectivity index is 1.36. The van der Waals surface area contributed by atoms with E-state index in [1.165, 1.54) is 18.4 Å². The smallest absolute Gasteiger partial charge is 0.307 e. The molecule has 0 atom stereocenters. The van der Waals surface area contributed by atoms with Gasteiger partial charge in [-0.25, -0.2) is 9.82 Å². The molecule has 0 aliphatic carbocycles. The Labute approximate surface area is 186 Å². The van der Waals surface area contributed by atoms with Crippen LogP contribution in [0, 0.1) is 5.82 Å². The van der Waals surface area contributed by atoms with Crippen LogP contribution in [0.15, 0.2) is 70.4 Å². The second-order valence-corrected chi connectivity index (χ2v) is 7.49. The fourth-order valence-electron chi connectivity index (χ4n) is 3.69. The zero-order chi connectivity index (χ0) is 22.3. The highest BCUT2D eigenvalue weighted by Crippen LogP contribution is 2.23. The van der Waals surface area contributed by atoms with Gasteiger partial charge in [0.15, 0.2) is 5.76 Å². The number of halogens is 1. The molecule has 0 saturated carbocycles. The molecule has 0 unspecified atom stereocenters. The number of anilines is 1. The van der Waals surface area contributed by atoms with E-state index in [2.05, 4.69) is 20.3 Å². The number of nitrogens with one attached hydrogen (secondary N) is 1. The monoisotopic (exact) mass is 436 g/mol. The number of rotatable bonds is 7. The van der Waals surface area contributed by atoms with E-state index < -0.39 is 5.91 Å². The minimum Gasteiger partial charge on any atom is -0.496 e. The van der Waals surface area contributed by atoms with Gasteiger partial charge in [0.2, 0.25) is 0 Å². The largest absolute Gasteiger partial charge is 0.496 e. The van der Waals surface area contributed by atoms with Crippen LogP contribution in [0.3, 0.4) is 0 Å². The maximum atomic E-state index is 13.2. The van der Waals surface area contributed by atoms with Crippen LogP contribution in [0.1, 0.15) is 21.7 Å². The van der Waals surface area contributed by atoms with Crippen molar-refractivity contribution in [2.24, 2.45) is 5.10 Å². The third kappa shape index (κ3) is 5.33. The molecule has 1 saturated heterocycles. The topological polar surface area (TPSA) is 70.3 Å². The Hall–Kier alpha value is -3.65. The number of carbonyl (C=O) groups excluding carboxylic acids is 1. The molecule has 7 nitrogen and oxygen atoms in total. The van der Waals surface area contributed by atoms with Crippen LogP contribution < -0.4 is 15.1 Å². The average Bonchev–Trinajstić information content (AvgIpc) is 3.36. The number of nitrogens with zero attached hydrogens (tertiary/aromatic N) is 3. The van der Waals surface area contributed by atoms with Crippen LogP contribution in [0.4, 0.5) is 10.1 Å². The van der Waals surface area contributed by atoms with E-state index in [0.29, 0.717) is 0 Å². The molecule has 166 valence electrons. The molecule has 2 aromatic carbocycles. The first-order chi connectivity index (χ1) is 15.6. The zero-order valence-corrected chi connectivity index (χ0v) is 17.8. The molecule has 1 aromatic heterocycles. The normalized spacial score (nSPS) is 14.6. The fourth-order valence-corrected chi connectivity index (χ4v) is 3.69. The highest BCUT2D eigenvalue weighted by Gasteiger charge is 2.19. The van der Waals surface area contributed by atoms with Gasteiger partial charge in [0.25, 0.3) is 0 Å². The van der Waals surface area contributed by atoms with Crippen LogP contribution in [0.5, 0.6) is 5.75 Å². The number of benzene rings is 2. The standard InChI is InChI=1S/C24H25FN4O3/c1-31-22-9-4-18(16-26-27-24(30)23-3-2-14-32-23)15-19(22)17-28-10-12-29(13-11-28)21-7-5-20(25)6-8-21/h2-9,14-16H,10-13,17H2,1H3,(H,27,30)/b26-16-.